The van der Waals surface area contributed by atoms with Gasteiger partial charge in [-0.2, -0.15) is 0 Å². The van der Waals surface area contributed by atoms with Crippen molar-refractivity contribution in [2.45, 2.75) is 90.1 Å². The van der Waals surface area contributed by atoms with E-state index in [0.717, 1.165) is 23.9 Å². The molecule has 2 aliphatic rings. The fraction of sp³-hybridized carbons (Fsp3) is 1.00. The molecule has 2 fully saturated rings. The SMILES string of the molecule is CCC(NC1CCCC(C)C1)C1CCCCC1. The zero-order valence-electron chi connectivity index (χ0n) is 11.9. The Kier molecular flexibility index (Phi) is 5.34. The highest BCUT2D eigenvalue weighted by atomic mass is 15.0. The van der Waals surface area contributed by atoms with Gasteiger partial charge in [0.25, 0.3) is 0 Å². The number of nitrogens with one attached hydrogen (secondary N) is 1. The molecule has 0 heterocycles. The molecule has 0 bridgehead atoms. The predicted octanol–water partition coefficient (Wildman–Crippen LogP) is 4.51. The molecule has 0 aliphatic heterocycles. The average molecular weight is 237 g/mol. The highest BCUT2D eigenvalue weighted by Crippen LogP contribution is 2.30. The third kappa shape index (κ3) is 3.98. The van der Waals surface area contributed by atoms with Crippen LogP contribution in [0.4, 0.5) is 0 Å². The Morgan fingerprint density at radius 3 is 2.41 bits per heavy atom. The Balaban J connectivity index is 1.81. The summed E-state index contributed by atoms with van der Waals surface area (Å²) in [4.78, 5) is 0. The Hall–Kier alpha value is -0.0400. The van der Waals surface area contributed by atoms with Crippen LogP contribution in [0.5, 0.6) is 0 Å². The van der Waals surface area contributed by atoms with E-state index in [1.54, 1.807) is 0 Å². The fourth-order valence-corrected chi connectivity index (χ4v) is 4.01. The van der Waals surface area contributed by atoms with E-state index in [1.165, 1.54) is 64.2 Å². The molecule has 1 N–H and O–H groups in total. The lowest BCUT2D eigenvalue weighted by Gasteiger charge is -2.36. The first-order valence-electron chi connectivity index (χ1n) is 8.05. The van der Waals surface area contributed by atoms with Gasteiger partial charge in [0.05, 0.1) is 0 Å². The van der Waals surface area contributed by atoms with Gasteiger partial charge in [-0.15, -0.1) is 0 Å². The molecule has 0 spiro atoms. The number of rotatable bonds is 4. The molecular formula is C16H31N. The predicted molar refractivity (Wildman–Crippen MR) is 75.2 cm³/mol. The van der Waals surface area contributed by atoms with Gasteiger partial charge >= 0.3 is 0 Å². The maximum atomic E-state index is 4.01. The lowest BCUT2D eigenvalue weighted by molar-refractivity contribution is 0.211. The van der Waals surface area contributed by atoms with Gasteiger partial charge in [-0.1, -0.05) is 46.0 Å². The highest BCUT2D eigenvalue weighted by Gasteiger charge is 2.26. The van der Waals surface area contributed by atoms with E-state index in [1.807, 2.05) is 0 Å². The summed E-state index contributed by atoms with van der Waals surface area (Å²) in [5.41, 5.74) is 0. The van der Waals surface area contributed by atoms with Crippen LogP contribution in [0.15, 0.2) is 0 Å². The van der Waals surface area contributed by atoms with Crippen molar-refractivity contribution in [3.63, 3.8) is 0 Å². The van der Waals surface area contributed by atoms with Crippen molar-refractivity contribution < 1.29 is 0 Å². The standard InChI is InChI=1S/C16H31N/c1-3-16(14-9-5-4-6-10-14)17-15-11-7-8-13(2)12-15/h13-17H,3-12H2,1-2H3. The summed E-state index contributed by atoms with van der Waals surface area (Å²) < 4.78 is 0. The van der Waals surface area contributed by atoms with E-state index in [0.29, 0.717) is 0 Å². The molecule has 3 atom stereocenters. The molecule has 0 amide bonds. The van der Waals surface area contributed by atoms with Crippen LogP contribution in [-0.2, 0) is 0 Å². The van der Waals surface area contributed by atoms with Gasteiger partial charge in [0.15, 0.2) is 0 Å². The van der Waals surface area contributed by atoms with Crippen molar-refractivity contribution in [2.24, 2.45) is 11.8 Å². The summed E-state index contributed by atoms with van der Waals surface area (Å²) in [6.45, 7) is 4.80. The van der Waals surface area contributed by atoms with Crippen LogP contribution >= 0.6 is 0 Å². The molecule has 1 heteroatoms. The molecule has 2 rings (SSSR count). The van der Waals surface area contributed by atoms with E-state index < -0.39 is 0 Å². The summed E-state index contributed by atoms with van der Waals surface area (Å²) in [5.74, 6) is 1.93. The van der Waals surface area contributed by atoms with Crippen LogP contribution in [0.2, 0.25) is 0 Å². The quantitative estimate of drug-likeness (QED) is 0.758. The van der Waals surface area contributed by atoms with Crippen molar-refractivity contribution in [2.75, 3.05) is 0 Å². The van der Waals surface area contributed by atoms with Gasteiger partial charge in [0, 0.05) is 12.1 Å². The van der Waals surface area contributed by atoms with Crippen LogP contribution in [0.25, 0.3) is 0 Å². The minimum Gasteiger partial charge on any atom is -0.311 e. The molecule has 0 radical (unpaired) electrons. The normalized spacial score (nSPS) is 33.5. The van der Waals surface area contributed by atoms with Crippen molar-refractivity contribution in [3.8, 4) is 0 Å². The maximum Gasteiger partial charge on any atom is 0.00952 e. The minimum atomic E-state index is 0.811. The van der Waals surface area contributed by atoms with Crippen molar-refractivity contribution in [3.05, 3.63) is 0 Å². The third-order valence-corrected chi connectivity index (χ3v) is 5.04. The molecule has 0 saturated heterocycles. The fourth-order valence-electron chi connectivity index (χ4n) is 4.01. The minimum absolute atomic E-state index is 0.811. The maximum absolute atomic E-state index is 4.01. The Morgan fingerprint density at radius 1 is 1.00 bits per heavy atom. The van der Waals surface area contributed by atoms with E-state index in [2.05, 4.69) is 19.2 Å². The van der Waals surface area contributed by atoms with Gasteiger partial charge < -0.3 is 5.32 Å². The summed E-state index contributed by atoms with van der Waals surface area (Å²) in [7, 11) is 0. The topological polar surface area (TPSA) is 12.0 Å². The van der Waals surface area contributed by atoms with Crippen LogP contribution in [0.3, 0.4) is 0 Å². The largest absolute Gasteiger partial charge is 0.311 e. The molecule has 0 aromatic heterocycles. The molecule has 17 heavy (non-hydrogen) atoms. The van der Waals surface area contributed by atoms with Crippen molar-refractivity contribution >= 4 is 0 Å². The zero-order chi connectivity index (χ0) is 12.1. The Bertz CT molecular complexity index is 208. The second kappa shape index (κ2) is 6.78. The molecule has 2 aliphatic carbocycles. The summed E-state index contributed by atoms with van der Waals surface area (Å²) in [6, 6.07) is 1.64. The van der Waals surface area contributed by atoms with Crippen LogP contribution in [0.1, 0.15) is 78.1 Å². The third-order valence-electron chi connectivity index (χ3n) is 5.04. The van der Waals surface area contributed by atoms with E-state index in [4.69, 9.17) is 0 Å². The van der Waals surface area contributed by atoms with Gasteiger partial charge in [-0.05, 0) is 43.9 Å². The highest BCUT2D eigenvalue weighted by molar-refractivity contribution is 4.84. The summed E-state index contributed by atoms with van der Waals surface area (Å²) in [5, 5.41) is 4.01. The first-order chi connectivity index (χ1) is 8.29. The molecule has 2 saturated carbocycles. The Labute approximate surface area is 108 Å². The van der Waals surface area contributed by atoms with E-state index in [9.17, 15) is 0 Å². The van der Waals surface area contributed by atoms with Crippen LogP contribution in [-0.4, -0.2) is 12.1 Å². The van der Waals surface area contributed by atoms with Gasteiger partial charge in [0.1, 0.15) is 0 Å². The lowest BCUT2D eigenvalue weighted by Crippen LogP contribution is -2.44. The average Bonchev–Trinajstić information content (AvgIpc) is 2.37. The van der Waals surface area contributed by atoms with Gasteiger partial charge in [-0.3, -0.25) is 0 Å². The molecule has 0 aromatic rings. The molecular weight excluding hydrogens is 206 g/mol. The van der Waals surface area contributed by atoms with Crippen LogP contribution in [0, 0.1) is 11.8 Å². The lowest BCUT2D eigenvalue weighted by atomic mass is 9.81. The second-order valence-corrected chi connectivity index (χ2v) is 6.55. The first-order valence-corrected chi connectivity index (χ1v) is 8.05. The molecule has 100 valence electrons. The molecule has 3 unspecified atom stereocenters. The number of hydrogen-bond donors (Lipinski definition) is 1. The van der Waals surface area contributed by atoms with Crippen LogP contribution < -0.4 is 5.32 Å². The Morgan fingerprint density at radius 2 is 1.76 bits per heavy atom. The summed E-state index contributed by atoms with van der Waals surface area (Å²) in [6.07, 6.45) is 14.5. The molecule has 1 nitrogen and oxygen atoms in total. The summed E-state index contributed by atoms with van der Waals surface area (Å²) >= 11 is 0. The van der Waals surface area contributed by atoms with E-state index in [-0.39, 0.29) is 0 Å². The second-order valence-electron chi connectivity index (χ2n) is 6.55. The van der Waals surface area contributed by atoms with Gasteiger partial charge in [0.2, 0.25) is 0 Å². The zero-order valence-corrected chi connectivity index (χ0v) is 11.9. The first kappa shape index (κ1) is 13.4. The number of hydrogen-bond acceptors (Lipinski definition) is 1. The van der Waals surface area contributed by atoms with E-state index >= 15 is 0 Å². The monoisotopic (exact) mass is 237 g/mol. The smallest absolute Gasteiger partial charge is 0.00952 e. The van der Waals surface area contributed by atoms with Crippen molar-refractivity contribution in [1.82, 2.24) is 5.32 Å². The molecule has 0 aromatic carbocycles. The van der Waals surface area contributed by atoms with Gasteiger partial charge in [-0.25, -0.2) is 0 Å². The van der Waals surface area contributed by atoms with Crippen molar-refractivity contribution in [1.29, 1.82) is 0 Å².